The predicted molar refractivity (Wildman–Crippen MR) is 183 cm³/mol. The number of morpholine rings is 1. The summed E-state index contributed by atoms with van der Waals surface area (Å²) in [7, 11) is 0.713. The van der Waals surface area contributed by atoms with Gasteiger partial charge in [0, 0.05) is 61.6 Å². The van der Waals surface area contributed by atoms with E-state index >= 15 is 0 Å². The molecule has 0 aliphatic carbocycles. The Morgan fingerprint density at radius 2 is 1.93 bits per heavy atom. The lowest BCUT2D eigenvalue weighted by Gasteiger charge is -2.31. The molecule has 2 aromatic carbocycles. The molecule has 0 amide bonds. The highest BCUT2D eigenvalue weighted by atomic mass is 79.9. The summed E-state index contributed by atoms with van der Waals surface area (Å²) in [4.78, 5) is 20.1. The van der Waals surface area contributed by atoms with Crippen molar-refractivity contribution < 1.29 is 14.0 Å². The van der Waals surface area contributed by atoms with Gasteiger partial charge in [-0.05, 0) is 61.1 Å². The Morgan fingerprint density at radius 3 is 2.57 bits per heavy atom. The summed E-state index contributed by atoms with van der Waals surface area (Å²) in [5.74, 6) is 1.44. The Kier molecular flexibility index (Phi) is 9.48. The van der Waals surface area contributed by atoms with E-state index in [1.165, 1.54) is 0 Å². The number of nitrogens with zero attached hydrogens (tertiary/aromatic N) is 7. The van der Waals surface area contributed by atoms with E-state index in [0.29, 0.717) is 63.3 Å². The summed E-state index contributed by atoms with van der Waals surface area (Å²) in [6, 6.07) is 7.64. The molecule has 3 heterocycles. The second-order valence-electron chi connectivity index (χ2n) is 10.4. The molecule has 0 radical (unpaired) electrons. The number of benzene rings is 2. The second kappa shape index (κ2) is 13.3. The van der Waals surface area contributed by atoms with E-state index in [0.717, 1.165) is 29.9 Å². The number of halogens is 1. The molecule has 1 saturated heterocycles. The van der Waals surface area contributed by atoms with E-state index in [1.54, 1.807) is 50.5 Å². The summed E-state index contributed by atoms with van der Waals surface area (Å²) >= 11 is 3.56. The van der Waals surface area contributed by atoms with E-state index in [9.17, 15) is 4.57 Å². The maximum absolute atomic E-state index is 13.5. The molecular formula is C30H35BrN9O3P. The third-order valence-electron chi connectivity index (χ3n) is 7.03. The standard InChI is InChI=1S/C30H35BrN9O3P/c1-7-33-27-22(32-2)8-9-23(28(27)44(5,6)41)36-29-21(31)17-34-30(38-29)37-24-14-20(19-16-35-39(3)18-19)25(15-26(24)42-4)40-10-12-43-13-11-40/h7-9,14-18H,2,10-13H2,1,3-6H3,(H2,34,36,37,38)/b33-7-. The van der Waals surface area contributed by atoms with E-state index in [4.69, 9.17) is 14.5 Å². The zero-order valence-corrected chi connectivity index (χ0v) is 27.8. The molecule has 5 rings (SSSR count). The molecule has 14 heteroatoms. The number of hydrogen-bond donors (Lipinski definition) is 2. The molecule has 230 valence electrons. The molecular weight excluding hydrogens is 645 g/mol. The average Bonchev–Trinajstić information content (AvgIpc) is 3.44. The molecule has 0 atom stereocenters. The number of aryl methyl sites for hydroxylation is 1. The van der Waals surface area contributed by atoms with Gasteiger partial charge in [-0.2, -0.15) is 10.1 Å². The Balaban J connectivity index is 1.55. The molecule has 0 spiro atoms. The number of hydrogen-bond acceptors (Lipinski definition) is 11. The van der Waals surface area contributed by atoms with Crippen molar-refractivity contribution >= 4 is 81.5 Å². The van der Waals surface area contributed by atoms with E-state index < -0.39 is 7.14 Å². The Morgan fingerprint density at radius 1 is 1.16 bits per heavy atom. The van der Waals surface area contributed by atoms with Gasteiger partial charge in [0.1, 0.15) is 24.4 Å². The van der Waals surface area contributed by atoms with Crippen molar-refractivity contribution in [1.82, 2.24) is 19.7 Å². The molecule has 2 N–H and O–H groups in total. The van der Waals surface area contributed by atoms with E-state index in [-0.39, 0.29) is 0 Å². The van der Waals surface area contributed by atoms with Crippen molar-refractivity contribution in [3.8, 4) is 16.9 Å². The number of aromatic nitrogens is 4. The third-order valence-corrected chi connectivity index (χ3v) is 9.14. The first-order chi connectivity index (χ1) is 21.1. The van der Waals surface area contributed by atoms with E-state index in [2.05, 4.69) is 58.2 Å². The molecule has 1 fully saturated rings. The largest absolute Gasteiger partial charge is 0.494 e. The zero-order chi connectivity index (χ0) is 31.4. The van der Waals surface area contributed by atoms with Gasteiger partial charge in [-0.1, -0.05) is 0 Å². The predicted octanol–water partition coefficient (Wildman–Crippen LogP) is 6.27. The van der Waals surface area contributed by atoms with Crippen LogP contribution in [-0.2, 0) is 16.3 Å². The van der Waals surface area contributed by atoms with Gasteiger partial charge in [0.2, 0.25) is 5.95 Å². The van der Waals surface area contributed by atoms with Crippen LogP contribution in [0.25, 0.3) is 11.1 Å². The topological polar surface area (TPSA) is 131 Å². The van der Waals surface area contributed by atoms with Crippen molar-refractivity contribution in [3.05, 3.63) is 47.3 Å². The lowest BCUT2D eigenvalue weighted by molar-refractivity contribution is 0.122. The van der Waals surface area contributed by atoms with Crippen LogP contribution < -0.4 is 25.6 Å². The highest BCUT2D eigenvalue weighted by molar-refractivity contribution is 9.10. The maximum Gasteiger partial charge on any atom is 0.229 e. The van der Waals surface area contributed by atoms with Crippen molar-refractivity contribution in [1.29, 1.82) is 0 Å². The highest BCUT2D eigenvalue weighted by Gasteiger charge is 2.25. The van der Waals surface area contributed by atoms with Crippen LogP contribution in [0.15, 0.2) is 57.3 Å². The van der Waals surface area contributed by atoms with Gasteiger partial charge in [-0.25, -0.2) is 4.98 Å². The fourth-order valence-electron chi connectivity index (χ4n) is 5.06. The molecule has 44 heavy (non-hydrogen) atoms. The van der Waals surface area contributed by atoms with Crippen molar-refractivity contribution in [2.45, 2.75) is 6.92 Å². The van der Waals surface area contributed by atoms with Crippen LogP contribution in [0.5, 0.6) is 5.75 Å². The fraction of sp³-hybridized carbons (Fsp3) is 0.300. The first kappa shape index (κ1) is 31.4. The number of aliphatic imine (C=N–C) groups is 2. The maximum atomic E-state index is 13.5. The first-order valence-corrected chi connectivity index (χ1v) is 17.3. The van der Waals surface area contributed by atoms with Crippen molar-refractivity contribution in [2.24, 2.45) is 17.0 Å². The summed E-state index contributed by atoms with van der Waals surface area (Å²) in [6.45, 7) is 11.7. The van der Waals surface area contributed by atoms with E-state index in [1.807, 2.05) is 37.6 Å². The van der Waals surface area contributed by atoms with Crippen LogP contribution in [0.2, 0.25) is 0 Å². The van der Waals surface area contributed by atoms with Gasteiger partial charge >= 0.3 is 0 Å². The van der Waals surface area contributed by atoms with Crippen LogP contribution in [0.4, 0.5) is 40.2 Å². The monoisotopic (exact) mass is 679 g/mol. The van der Waals surface area contributed by atoms with Crippen LogP contribution >= 0.6 is 23.1 Å². The first-order valence-electron chi connectivity index (χ1n) is 13.9. The molecule has 0 bridgehead atoms. The van der Waals surface area contributed by atoms with Gasteiger partial charge < -0.3 is 29.6 Å². The van der Waals surface area contributed by atoms with Crippen molar-refractivity contribution in [3.63, 3.8) is 0 Å². The minimum absolute atomic E-state index is 0.333. The van der Waals surface area contributed by atoms with Crippen LogP contribution in [0, 0.1) is 0 Å². The molecule has 1 aliphatic heterocycles. The Hall–Kier alpha value is -4.06. The SMILES string of the molecule is C=Nc1ccc(Nc2nc(Nc3cc(-c4cnn(C)c4)c(N4CCOCC4)cc3OC)ncc2Br)c(P(C)(C)=O)c1/N=C\C. The van der Waals surface area contributed by atoms with Crippen LogP contribution in [0.1, 0.15) is 6.92 Å². The smallest absolute Gasteiger partial charge is 0.229 e. The molecule has 0 unspecified atom stereocenters. The Labute approximate surface area is 265 Å². The fourth-order valence-corrected chi connectivity index (χ4v) is 6.74. The molecule has 2 aromatic heterocycles. The minimum atomic E-state index is -2.82. The third kappa shape index (κ3) is 6.69. The van der Waals surface area contributed by atoms with Crippen LogP contribution in [0.3, 0.4) is 0 Å². The summed E-state index contributed by atoms with van der Waals surface area (Å²) < 4.78 is 27.3. The summed E-state index contributed by atoms with van der Waals surface area (Å²) in [5.41, 5.74) is 5.34. The molecule has 4 aromatic rings. The molecule has 1 aliphatic rings. The Bertz CT molecular complexity index is 1760. The average molecular weight is 681 g/mol. The van der Waals surface area contributed by atoms with Gasteiger partial charge in [-0.3, -0.25) is 14.7 Å². The van der Waals surface area contributed by atoms with Gasteiger partial charge in [-0.15, -0.1) is 0 Å². The van der Waals surface area contributed by atoms with Gasteiger partial charge in [0.15, 0.2) is 0 Å². The summed E-state index contributed by atoms with van der Waals surface area (Å²) in [6.07, 6.45) is 7.12. The lowest BCUT2D eigenvalue weighted by atomic mass is 10.0. The van der Waals surface area contributed by atoms with Gasteiger partial charge in [0.05, 0.1) is 53.4 Å². The minimum Gasteiger partial charge on any atom is -0.494 e. The number of ether oxygens (including phenoxy) is 2. The van der Waals surface area contributed by atoms with Crippen molar-refractivity contribution in [2.75, 3.05) is 62.3 Å². The van der Waals surface area contributed by atoms with Gasteiger partial charge in [0.25, 0.3) is 0 Å². The van der Waals surface area contributed by atoms with Crippen LogP contribution in [-0.4, -0.2) is 79.4 Å². The number of nitrogens with one attached hydrogen (secondary N) is 2. The number of rotatable bonds is 10. The highest BCUT2D eigenvalue weighted by Crippen LogP contribution is 2.46. The quantitative estimate of drug-likeness (QED) is 0.147. The normalized spacial score (nSPS) is 13.7. The second-order valence-corrected chi connectivity index (χ2v) is 14.4. The molecule has 0 saturated carbocycles. The molecule has 12 nitrogen and oxygen atoms in total. The number of methoxy groups -OCH3 is 1. The zero-order valence-electron chi connectivity index (χ0n) is 25.3. The summed E-state index contributed by atoms with van der Waals surface area (Å²) in [5, 5.41) is 11.6. The number of anilines is 5. The lowest BCUT2D eigenvalue weighted by Crippen LogP contribution is -2.36.